The Labute approximate surface area is 176 Å². The molecule has 0 saturated heterocycles. The van der Waals surface area contributed by atoms with Gasteiger partial charge in [-0.25, -0.2) is 4.79 Å². The van der Waals surface area contributed by atoms with Gasteiger partial charge in [-0.15, -0.1) is 0 Å². The quantitative estimate of drug-likeness (QED) is 0.295. The van der Waals surface area contributed by atoms with E-state index >= 15 is 0 Å². The second-order valence-corrected chi connectivity index (χ2v) is 6.82. The molecule has 0 aliphatic heterocycles. The van der Waals surface area contributed by atoms with Gasteiger partial charge in [-0.1, -0.05) is 28.4 Å². The molecule has 0 radical (unpaired) electrons. The first-order valence-electron chi connectivity index (χ1n) is 8.46. The molecule has 0 saturated carbocycles. The number of benzene rings is 2. The van der Waals surface area contributed by atoms with Gasteiger partial charge in [0, 0.05) is 28.8 Å². The molecule has 0 amide bonds. The molecule has 0 aliphatic carbocycles. The Balaban J connectivity index is 2.23. The number of hydrogen-bond acceptors (Lipinski definition) is 1. The van der Waals surface area contributed by atoms with Gasteiger partial charge in [0.05, 0.1) is 16.7 Å². The fraction of sp³-hybridized carbons (Fsp3) is 0.100. The molecule has 3 aromatic rings. The summed E-state index contributed by atoms with van der Waals surface area (Å²) in [5, 5.41) is 11.9. The molecule has 0 unspecified atom stereocenters. The third-order valence-electron chi connectivity index (χ3n) is 4.16. The first-order valence-corrected chi connectivity index (χ1v) is 8.84. The Bertz CT molecular complexity index is 1130. The highest BCUT2D eigenvalue weighted by Crippen LogP contribution is 2.36. The zero-order chi connectivity index (χ0) is 23.0. The zero-order valence-electron chi connectivity index (χ0n) is 15.2. The fourth-order valence-corrected chi connectivity index (χ4v) is 2.99. The first-order chi connectivity index (χ1) is 14.3. The van der Waals surface area contributed by atoms with Crippen molar-refractivity contribution in [3.8, 4) is 16.9 Å². The van der Waals surface area contributed by atoms with Crippen molar-refractivity contribution in [1.82, 2.24) is 5.10 Å². The van der Waals surface area contributed by atoms with Crippen LogP contribution in [0, 0.1) is 0 Å². The van der Waals surface area contributed by atoms with Crippen LogP contribution in [0.4, 0.5) is 26.3 Å². The molecule has 0 spiro atoms. The number of carboxylic acids is 1. The van der Waals surface area contributed by atoms with E-state index in [1.165, 1.54) is 12.3 Å². The number of aliphatic carboxylic acids is 1. The molecular weight excluding hydrogens is 450 g/mol. The number of aromatic amines is 1. The molecule has 162 valence electrons. The maximum absolute atomic E-state index is 13.2. The van der Waals surface area contributed by atoms with Crippen molar-refractivity contribution in [3.05, 3.63) is 76.5 Å². The molecule has 2 aromatic carbocycles. The zero-order valence-corrected chi connectivity index (χ0v) is 16.0. The summed E-state index contributed by atoms with van der Waals surface area (Å²) in [6.07, 6.45) is -6.89. The highest BCUT2D eigenvalue weighted by molar-refractivity contribution is 6.30. The Morgan fingerprint density at radius 2 is 1.61 bits per heavy atom. The first kappa shape index (κ1) is 22.4. The van der Waals surface area contributed by atoms with Gasteiger partial charge in [-0.3, -0.25) is 0 Å². The molecule has 1 aromatic heterocycles. The van der Waals surface area contributed by atoms with Crippen LogP contribution in [0.1, 0.15) is 16.7 Å². The summed E-state index contributed by atoms with van der Waals surface area (Å²) < 4.78 is 80.0. The third kappa shape index (κ3) is 5.26. The molecule has 0 atom stereocenters. The monoisotopic (exact) mass is 461 g/mol. The lowest BCUT2D eigenvalue weighted by Gasteiger charge is -2.11. The topological polar surface area (TPSA) is 57.0 Å². The van der Waals surface area contributed by atoms with E-state index in [-0.39, 0.29) is 17.3 Å². The number of nitrogens with one attached hydrogen (secondary N) is 1. The van der Waals surface area contributed by atoms with Gasteiger partial charge in [0.25, 0.3) is 0 Å². The number of carboxylic acid groups (broad SMARTS) is 1. The Morgan fingerprint density at radius 3 is 2.13 bits per heavy atom. The van der Waals surface area contributed by atoms with Crippen LogP contribution >= 0.6 is 11.6 Å². The van der Waals surface area contributed by atoms with Crippen LogP contribution in [-0.2, 0) is 17.1 Å². The maximum atomic E-state index is 13.2. The number of hydrogen-bond donors (Lipinski definition) is 2. The highest BCUT2D eigenvalue weighted by atomic mass is 35.5. The van der Waals surface area contributed by atoms with Crippen molar-refractivity contribution < 1.29 is 40.9 Å². The van der Waals surface area contributed by atoms with Gasteiger partial charge < -0.3 is 5.11 Å². The molecule has 11 heteroatoms. The SMILES string of the molecule is O=C(O)/C=C/c1c[n+](-c2cc(C(F)(F)F)cc(C(F)(F)F)c2)[nH]c1-c1cccc(Cl)c1. The van der Waals surface area contributed by atoms with E-state index in [1.54, 1.807) is 18.2 Å². The van der Waals surface area contributed by atoms with E-state index in [9.17, 15) is 31.1 Å². The van der Waals surface area contributed by atoms with Gasteiger partial charge >= 0.3 is 18.3 Å². The normalized spacial score (nSPS) is 12.5. The smallest absolute Gasteiger partial charge is 0.416 e. The molecule has 4 nitrogen and oxygen atoms in total. The van der Waals surface area contributed by atoms with Crippen LogP contribution in [-0.4, -0.2) is 16.2 Å². The summed E-state index contributed by atoms with van der Waals surface area (Å²) >= 11 is 5.96. The number of carbonyl (C=O) groups is 1. The van der Waals surface area contributed by atoms with Crippen molar-refractivity contribution >= 4 is 23.6 Å². The van der Waals surface area contributed by atoms with E-state index < -0.39 is 35.1 Å². The molecule has 2 N–H and O–H groups in total. The third-order valence-corrected chi connectivity index (χ3v) is 4.39. The average molecular weight is 462 g/mol. The van der Waals surface area contributed by atoms with Gasteiger partial charge in [0.15, 0.2) is 0 Å². The fourth-order valence-electron chi connectivity index (χ4n) is 2.80. The summed E-state index contributed by atoms with van der Waals surface area (Å²) in [4.78, 5) is 10.9. The van der Waals surface area contributed by atoms with Crippen LogP contribution < -0.4 is 4.68 Å². The van der Waals surface area contributed by atoms with Crippen molar-refractivity contribution in [2.75, 3.05) is 0 Å². The van der Waals surface area contributed by atoms with E-state index in [2.05, 4.69) is 5.10 Å². The van der Waals surface area contributed by atoms with Crippen LogP contribution in [0.2, 0.25) is 5.02 Å². The van der Waals surface area contributed by atoms with Crippen molar-refractivity contribution in [2.45, 2.75) is 12.4 Å². The maximum Gasteiger partial charge on any atom is 0.416 e. The number of halogens is 7. The average Bonchev–Trinajstić information content (AvgIpc) is 3.09. The molecule has 0 bridgehead atoms. The predicted molar refractivity (Wildman–Crippen MR) is 99.4 cm³/mol. The molecule has 0 aliphatic rings. The molecule has 3 rings (SSSR count). The van der Waals surface area contributed by atoms with Gasteiger partial charge in [0.1, 0.15) is 5.69 Å². The van der Waals surface area contributed by atoms with Crippen molar-refractivity contribution in [3.63, 3.8) is 0 Å². The van der Waals surface area contributed by atoms with Crippen LogP contribution in [0.25, 0.3) is 23.0 Å². The number of aromatic nitrogens is 2. The molecular formula is C20H12ClF6N2O2+. The summed E-state index contributed by atoms with van der Waals surface area (Å²) in [7, 11) is 0. The van der Waals surface area contributed by atoms with Gasteiger partial charge in [0.2, 0.25) is 11.9 Å². The number of alkyl halides is 6. The summed E-state index contributed by atoms with van der Waals surface area (Å²) in [5.74, 6) is -1.29. The number of rotatable bonds is 4. The largest absolute Gasteiger partial charge is 0.478 e. The lowest BCUT2D eigenvalue weighted by molar-refractivity contribution is -0.654. The highest BCUT2D eigenvalue weighted by Gasteiger charge is 2.38. The van der Waals surface area contributed by atoms with E-state index in [1.807, 2.05) is 0 Å². The Morgan fingerprint density at radius 1 is 1.00 bits per heavy atom. The number of nitrogens with zero attached hydrogens (tertiary/aromatic N) is 1. The van der Waals surface area contributed by atoms with Crippen molar-refractivity contribution in [1.29, 1.82) is 0 Å². The second-order valence-electron chi connectivity index (χ2n) is 6.39. The summed E-state index contributed by atoms with van der Waals surface area (Å²) in [6, 6.07) is 7.37. The minimum atomic E-state index is -5.01. The number of H-pyrrole nitrogens is 1. The molecule has 31 heavy (non-hydrogen) atoms. The van der Waals surface area contributed by atoms with Gasteiger partial charge in [-0.05, 0) is 24.3 Å². The Kier molecular flexibility index (Phi) is 5.86. The van der Waals surface area contributed by atoms with Crippen molar-refractivity contribution in [2.24, 2.45) is 0 Å². The van der Waals surface area contributed by atoms with E-state index in [4.69, 9.17) is 16.7 Å². The summed E-state index contributed by atoms with van der Waals surface area (Å²) in [6.45, 7) is 0. The van der Waals surface area contributed by atoms with Gasteiger partial charge in [-0.2, -0.15) is 31.4 Å². The molecule has 0 fully saturated rings. The predicted octanol–water partition coefficient (Wildman–Crippen LogP) is 5.75. The van der Waals surface area contributed by atoms with Crippen LogP contribution in [0.5, 0.6) is 0 Å². The Hall–Kier alpha value is -3.27. The van der Waals surface area contributed by atoms with E-state index in [0.29, 0.717) is 22.7 Å². The second kappa shape index (κ2) is 8.10. The standard InChI is InChI=1S/C20H11ClF6N2O2/c21-15-3-1-2-11(6-15)18-12(4-5-17(30)31)10-29(28-18)16-8-13(19(22,23)24)7-14(9-16)20(25,26)27/h1-10H,(H,30,31)/p+1/b5-4+. The van der Waals surface area contributed by atoms with Crippen LogP contribution in [0.3, 0.4) is 0 Å². The minimum absolute atomic E-state index is 0.0239. The molecule has 1 heterocycles. The summed E-state index contributed by atoms with van der Waals surface area (Å²) in [5.41, 5.74) is -2.51. The lowest BCUT2D eigenvalue weighted by atomic mass is 10.1. The minimum Gasteiger partial charge on any atom is -0.478 e. The lowest BCUT2D eigenvalue weighted by Crippen LogP contribution is -2.33. The van der Waals surface area contributed by atoms with E-state index in [0.717, 1.165) is 16.8 Å². The van der Waals surface area contributed by atoms with Crippen LogP contribution in [0.15, 0.2) is 54.7 Å².